The minimum Gasteiger partial charge on any atom is -0.377 e. The number of carbonyl (C=O) groups is 1. The second-order valence-electron chi connectivity index (χ2n) is 5.75. The summed E-state index contributed by atoms with van der Waals surface area (Å²) in [6, 6.07) is 5.83. The predicted molar refractivity (Wildman–Crippen MR) is 88.4 cm³/mol. The third-order valence-electron chi connectivity index (χ3n) is 3.71. The number of thiophene rings is 1. The standard InChI is InChI=1S/C16H21N3O3S/c1-12-8-15(18-22-12)17-16(20)11-19(9-13-4-2-6-21-13)10-14-5-3-7-23-14/h3,5,7-8,13H,2,4,6,9-11H2,1H3,(H,17,18,20). The van der Waals surface area contributed by atoms with E-state index in [4.69, 9.17) is 9.26 Å². The Hall–Kier alpha value is -1.70. The van der Waals surface area contributed by atoms with E-state index in [-0.39, 0.29) is 12.0 Å². The molecule has 124 valence electrons. The normalized spacial score (nSPS) is 17.7. The number of hydrogen-bond acceptors (Lipinski definition) is 6. The first-order chi connectivity index (χ1) is 11.2. The first-order valence-corrected chi connectivity index (χ1v) is 8.66. The first-order valence-electron chi connectivity index (χ1n) is 7.78. The number of hydrogen-bond donors (Lipinski definition) is 1. The predicted octanol–water partition coefficient (Wildman–Crippen LogP) is 2.66. The first kappa shape index (κ1) is 16.2. The average molecular weight is 335 g/mol. The zero-order chi connectivity index (χ0) is 16.1. The molecule has 23 heavy (non-hydrogen) atoms. The molecular weight excluding hydrogens is 314 g/mol. The molecule has 1 saturated heterocycles. The molecule has 3 heterocycles. The highest BCUT2D eigenvalue weighted by Gasteiger charge is 2.21. The minimum absolute atomic E-state index is 0.0900. The van der Waals surface area contributed by atoms with Crippen LogP contribution in [-0.2, 0) is 16.1 Å². The molecule has 2 aromatic heterocycles. The number of ether oxygens (including phenoxy) is 1. The highest BCUT2D eigenvalue weighted by Crippen LogP contribution is 2.17. The van der Waals surface area contributed by atoms with E-state index >= 15 is 0 Å². The van der Waals surface area contributed by atoms with Crippen LogP contribution >= 0.6 is 11.3 Å². The van der Waals surface area contributed by atoms with Crippen LogP contribution in [0.2, 0.25) is 0 Å². The summed E-state index contributed by atoms with van der Waals surface area (Å²) in [6.07, 6.45) is 2.38. The van der Waals surface area contributed by atoms with Crippen molar-refractivity contribution in [1.82, 2.24) is 10.1 Å². The van der Waals surface area contributed by atoms with Gasteiger partial charge in [-0.3, -0.25) is 9.69 Å². The van der Waals surface area contributed by atoms with Crippen molar-refractivity contribution in [3.8, 4) is 0 Å². The van der Waals surface area contributed by atoms with Crippen LogP contribution in [0.25, 0.3) is 0 Å². The third-order valence-corrected chi connectivity index (χ3v) is 4.57. The molecule has 3 rings (SSSR count). The van der Waals surface area contributed by atoms with Crippen molar-refractivity contribution in [2.45, 2.75) is 32.4 Å². The zero-order valence-corrected chi connectivity index (χ0v) is 14.0. The Bertz CT molecular complexity index is 620. The summed E-state index contributed by atoms with van der Waals surface area (Å²) in [5.41, 5.74) is 0. The second-order valence-corrected chi connectivity index (χ2v) is 6.79. The molecule has 1 N–H and O–H groups in total. The van der Waals surface area contributed by atoms with Crippen LogP contribution in [0.1, 0.15) is 23.5 Å². The van der Waals surface area contributed by atoms with Crippen LogP contribution in [0, 0.1) is 6.92 Å². The largest absolute Gasteiger partial charge is 0.377 e. The topological polar surface area (TPSA) is 67.6 Å². The van der Waals surface area contributed by atoms with Gasteiger partial charge in [0.05, 0.1) is 12.6 Å². The fourth-order valence-corrected chi connectivity index (χ4v) is 3.44. The zero-order valence-electron chi connectivity index (χ0n) is 13.2. The lowest BCUT2D eigenvalue weighted by Crippen LogP contribution is -2.37. The van der Waals surface area contributed by atoms with Crippen molar-refractivity contribution in [2.24, 2.45) is 0 Å². The van der Waals surface area contributed by atoms with Crippen LogP contribution in [-0.4, -0.2) is 41.8 Å². The van der Waals surface area contributed by atoms with Gasteiger partial charge >= 0.3 is 0 Å². The fourth-order valence-electron chi connectivity index (χ4n) is 2.70. The lowest BCUT2D eigenvalue weighted by molar-refractivity contribution is -0.117. The Kier molecular flexibility index (Phi) is 5.43. The molecule has 1 fully saturated rings. The smallest absolute Gasteiger partial charge is 0.239 e. The maximum Gasteiger partial charge on any atom is 0.239 e. The van der Waals surface area contributed by atoms with E-state index in [0.717, 1.165) is 32.5 Å². The van der Waals surface area contributed by atoms with E-state index in [1.165, 1.54) is 4.88 Å². The molecule has 7 heteroatoms. The van der Waals surface area contributed by atoms with Crippen LogP contribution < -0.4 is 5.32 Å². The highest BCUT2D eigenvalue weighted by molar-refractivity contribution is 7.09. The van der Waals surface area contributed by atoms with Crippen molar-refractivity contribution in [3.05, 3.63) is 34.2 Å². The van der Waals surface area contributed by atoms with E-state index in [2.05, 4.69) is 26.8 Å². The monoisotopic (exact) mass is 335 g/mol. The molecule has 0 aromatic carbocycles. The van der Waals surface area contributed by atoms with Gasteiger partial charge in [0.25, 0.3) is 0 Å². The highest BCUT2D eigenvalue weighted by atomic mass is 32.1. The summed E-state index contributed by atoms with van der Waals surface area (Å²) in [6.45, 7) is 4.45. The Labute approximate surface area is 139 Å². The van der Waals surface area contributed by atoms with Crippen LogP contribution in [0.3, 0.4) is 0 Å². The van der Waals surface area contributed by atoms with Gasteiger partial charge in [-0.05, 0) is 31.2 Å². The molecule has 0 aliphatic carbocycles. The number of aryl methyl sites for hydroxylation is 1. The summed E-state index contributed by atoms with van der Waals surface area (Å²) < 4.78 is 10.7. The Morgan fingerprint density at radius 2 is 2.48 bits per heavy atom. The Balaban J connectivity index is 1.58. The number of carbonyl (C=O) groups excluding carboxylic acids is 1. The maximum absolute atomic E-state index is 12.3. The van der Waals surface area contributed by atoms with E-state index in [0.29, 0.717) is 18.1 Å². The van der Waals surface area contributed by atoms with Gasteiger partial charge in [0.15, 0.2) is 5.82 Å². The molecular formula is C16H21N3O3S. The van der Waals surface area contributed by atoms with Crippen molar-refractivity contribution >= 4 is 23.1 Å². The number of aromatic nitrogens is 1. The summed E-state index contributed by atoms with van der Waals surface area (Å²) in [5, 5.41) is 8.62. The van der Waals surface area contributed by atoms with Crippen LogP contribution in [0.4, 0.5) is 5.82 Å². The van der Waals surface area contributed by atoms with Gasteiger partial charge in [-0.1, -0.05) is 11.2 Å². The number of nitrogens with zero attached hydrogens (tertiary/aromatic N) is 2. The van der Waals surface area contributed by atoms with Crippen molar-refractivity contribution in [2.75, 3.05) is 25.0 Å². The molecule has 0 saturated carbocycles. The Morgan fingerprint density at radius 1 is 1.57 bits per heavy atom. The number of nitrogens with one attached hydrogen (secondary N) is 1. The lowest BCUT2D eigenvalue weighted by atomic mass is 10.2. The van der Waals surface area contributed by atoms with E-state index in [1.54, 1.807) is 24.3 Å². The number of anilines is 1. The molecule has 2 aromatic rings. The van der Waals surface area contributed by atoms with Gasteiger partial charge in [0.1, 0.15) is 5.76 Å². The molecule has 1 aliphatic heterocycles. The third kappa shape index (κ3) is 4.89. The van der Waals surface area contributed by atoms with Crippen LogP contribution in [0.5, 0.6) is 0 Å². The summed E-state index contributed by atoms with van der Waals surface area (Å²) >= 11 is 1.70. The summed E-state index contributed by atoms with van der Waals surface area (Å²) in [5.74, 6) is 1.05. The van der Waals surface area contributed by atoms with Crippen molar-refractivity contribution < 1.29 is 14.1 Å². The van der Waals surface area contributed by atoms with Gasteiger partial charge in [-0.15, -0.1) is 11.3 Å². The maximum atomic E-state index is 12.3. The van der Waals surface area contributed by atoms with Gasteiger partial charge in [-0.25, -0.2) is 0 Å². The molecule has 1 unspecified atom stereocenters. The molecule has 1 atom stereocenters. The van der Waals surface area contributed by atoms with Crippen molar-refractivity contribution in [1.29, 1.82) is 0 Å². The molecule has 0 spiro atoms. The molecule has 0 radical (unpaired) electrons. The quantitative estimate of drug-likeness (QED) is 0.842. The van der Waals surface area contributed by atoms with Gasteiger partial charge in [0.2, 0.25) is 5.91 Å². The van der Waals surface area contributed by atoms with Gasteiger partial charge in [-0.2, -0.15) is 0 Å². The number of amides is 1. The molecule has 6 nitrogen and oxygen atoms in total. The number of rotatable bonds is 7. The van der Waals surface area contributed by atoms with Gasteiger partial charge < -0.3 is 14.6 Å². The second kappa shape index (κ2) is 7.72. The van der Waals surface area contributed by atoms with Gasteiger partial charge in [0, 0.05) is 30.6 Å². The minimum atomic E-state index is -0.0900. The van der Waals surface area contributed by atoms with Crippen molar-refractivity contribution in [3.63, 3.8) is 0 Å². The van der Waals surface area contributed by atoms with E-state index < -0.39 is 0 Å². The Morgan fingerprint density at radius 3 is 3.13 bits per heavy atom. The molecule has 1 aliphatic rings. The lowest BCUT2D eigenvalue weighted by Gasteiger charge is -2.23. The molecule has 1 amide bonds. The summed E-state index contributed by atoms with van der Waals surface area (Å²) in [4.78, 5) is 15.6. The molecule has 0 bridgehead atoms. The van der Waals surface area contributed by atoms with E-state index in [9.17, 15) is 4.79 Å². The summed E-state index contributed by atoms with van der Waals surface area (Å²) in [7, 11) is 0. The average Bonchev–Trinajstić information content (AvgIpc) is 3.23. The fraction of sp³-hybridized carbons (Fsp3) is 0.500. The van der Waals surface area contributed by atoms with E-state index in [1.807, 2.05) is 6.07 Å². The SMILES string of the molecule is Cc1cc(NC(=O)CN(Cc2cccs2)CC2CCCO2)no1. The van der Waals surface area contributed by atoms with Crippen LogP contribution in [0.15, 0.2) is 28.1 Å².